The first-order valence-corrected chi connectivity index (χ1v) is 10.00. The van der Waals surface area contributed by atoms with Crippen molar-refractivity contribution in [3.63, 3.8) is 0 Å². The van der Waals surface area contributed by atoms with E-state index in [1.807, 2.05) is 25.3 Å². The molecule has 3 aromatic rings. The molecule has 0 spiro atoms. The quantitative estimate of drug-likeness (QED) is 0.489. The van der Waals surface area contributed by atoms with Crippen LogP contribution in [0.25, 0.3) is 16.6 Å². The summed E-state index contributed by atoms with van der Waals surface area (Å²) >= 11 is 0. The second kappa shape index (κ2) is 10.2. The number of H-pyrrole nitrogens is 1. The maximum absolute atomic E-state index is 13.4. The van der Waals surface area contributed by atoms with Gasteiger partial charge in [-0.1, -0.05) is 18.2 Å². The standard InChI is InChI=1S/C23H25FN4O.HI/c1-2-28(15-17-5-3-6-19(24)13-17)22(29)16-27-11-8-18(9-12-27)21-14-26-23-20(21)7-4-10-25-23;/h3-8,10,13-14H,2,9,11-12,15-16H2,1H3,(H,25,26);1H. The summed E-state index contributed by atoms with van der Waals surface area (Å²) in [6, 6.07) is 10.5. The third kappa shape index (κ3) is 5.07. The van der Waals surface area contributed by atoms with E-state index in [4.69, 9.17) is 0 Å². The smallest absolute Gasteiger partial charge is 0.237 e. The summed E-state index contributed by atoms with van der Waals surface area (Å²) in [5, 5.41) is 1.13. The largest absolute Gasteiger partial charge is 0.346 e. The molecule has 0 unspecified atom stereocenters. The number of benzene rings is 1. The Bertz CT molecular complexity index is 1050. The van der Waals surface area contributed by atoms with E-state index in [1.54, 1.807) is 17.2 Å². The van der Waals surface area contributed by atoms with Crippen LogP contribution in [0, 0.1) is 5.82 Å². The molecule has 4 rings (SSSR count). The van der Waals surface area contributed by atoms with Crippen LogP contribution in [0.15, 0.2) is 54.9 Å². The molecule has 1 N–H and O–H groups in total. The number of hydrogen-bond donors (Lipinski definition) is 1. The molecule has 3 heterocycles. The molecule has 0 saturated carbocycles. The molecular weight excluding hydrogens is 494 g/mol. The van der Waals surface area contributed by atoms with Crippen LogP contribution in [-0.4, -0.2) is 51.9 Å². The van der Waals surface area contributed by atoms with Crippen molar-refractivity contribution in [2.24, 2.45) is 0 Å². The molecule has 0 atom stereocenters. The zero-order chi connectivity index (χ0) is 20.2. The number of rotatable bonds is 6. The highest BCUT2D eigenvalue weighted by Crippen LogP contribution is 2.28. The van der Waals surface area contributed by atoms with Gasteiger partial charge in [0.15, 0.2) is 0 Å². The molecule has 1 aliphatic heterocycles. The van der Waals surface area contributed by atoms with Crippen molar-refractivity contribution in [2.75, 3.05) is 26.2 Å². The lowest BCUT2D eigenvalue weighted by atomic mass is 9.99. The van der Waals surface area contributed by atoms with Crippen molar-refractivity contribution in [3.05, 3.63) is 71.8 Å². The Morgan fingerprint density at radius 2 is 2.17 bits per heavy atom. The predicted molar refractivity (Wildman–Crippen MR) is 128 cm³/mol. The number of likely N-dealkylation sites (N-methyl/N-ethyl adjacent to an activating group) is 1. The third-order valence-corrected chi connectivity index (χ3v) is 5.45. The molecule has 1 aliphatic rings. The minimum atomic E-state index is -0.271. The average molecular weight is 520 g/mol. The number of halogens is 2. The number of fused-ring (bicyclic) bond motifs is 1. The van der Waals surface area contributed by atoms with Crippen LogP contribution < -0.4 is 0 Å². The number of amides is 1. The number of aromatic nitrogens is 2. The van der Waals surface area contributed by atoms with Crippen molar-refractivity contribution in [1.82, 2.24) is 19.8 Å². The highest BCUT2D eigenvalue weighted by Gasteiger charge is 2.20. The van der Waals surface area contributed by atoms with Crippen LogP contribution in [0.4, 0.5) is 4.39 Å². The lowest BCUT2D eigenvalue weighted by molar-refractivity contribution is -0.132. The lowest BCUT2D eigenvalue weighted by Crippen LogP contribution is -2.41. The van der Waals surface area contributed by atoms with Gasteiger partial charge in [-0.2, -0.15) is 0 Å². The van der Waals surface area contributed by atoms with Crippen LogP contribution in [0.3, 0.4) is 0 Å². The normalized spacial score (nSPS) is 14.3. The molecular formula is C23H26FIN4O. The van der Waals surface area contributed by atoms with E-state index >= 15 is 0 Å². The number of nitrogens with zero attached hydrogens (tertiary/aromatic N) is 3. The van der Waals surface area contributed by atoms with Crippen LogP contribution in [-0.2, 0) is 11.3 Å². The van der Waals surface area contributed by atoms with Gasteiger partial charge in [0.1, 0.15) is 11.5 Å². The lowest BCUT2D eigenvalue weighted by Gasteiger charge is -2.29. The van der Waals surface area contributed by atoms with E-state index < -0.39 is 0 Å². The number of pyridine rings is 1. The van der Waals surface area contributed by atoms with Crippen molar-refractivity contribution < 1.29 is 9.18 Å². The summed E-state index contributed by atoms with van der Waals surface area (Å²) in [4.78, 5) is 24.3. The maximum Gasteiger partial charge on any atom is 0.237 e. The Kier molecular flexibility index (Phi) is 7.60. The fourth-order valence-corrected chi connectivity index (χ4v) is 3.84. The number of aromatic amines is 1. The summed E-state index contributed by atoms with van der Waals surface area (Å²) in [5.41, 5.74) is 4.20. The fraction of sp³-hybridized carbons (Fsp3) is 0.304. The van der Waals surface area contributed by atoms with Crippen molar-refractivity contribution in [1.29, 1.82) is 0 Å². The molecule has 0 fully saturated rings. The SMILES string of the molecule is CCN(Cc1cccc(F)c1)C(=O)CN1CC=C(c2c[nH]c3ncccc23)CC1.I. The Morgan fingerprint density at radius 1 is 1.30 bits per heavy atom. The number of hydrogen-bond acceptors (Lipinski definition) is 3. The van der Waals surface area contributed by atoms with E-state index in [-0.39, 0.29) is 35.7 Å². The molecule has 158 valence electrons. The van der Waals surface area contributed by atoms with Gasteiger partial charge in [-0.05, 0) is 48.7 Å². The maximum atomic E-state index is 13.4. The van der Waals surface area contributed by atoms with E-state index in [1.165, 1.54) is 23.3 Å². The molecule has 7 heteroatoms. The van der Waals surface area contributed by atoms with Crippen LogP contribution in [0.1, 0.15) is 24.5 Å². The van der Waals surface area contributed by atoms with Gasteiger partial charge >= 0.3 is 0 Å². The molecule has 0 bridgehead atoms. The highest BCUT2D eigenvalue weighted by molar-refractivity contribution is 14.0. The molecule has 30 heavy (non-hydrogen) atoms. The first kappa shape index (κ1) is 22.4. The first-order chi connectivity index (χ1) is 14.1. The fourth-order valence-electron chi connectivity index (χ4n) is 3.84. The average Bonchev–Trinajstić information content (AvgIpc) is 3.17. The summed E-state index contributed by atoms with van der Waals surface area (Å²) in [5.74, 6) is -0.197. The van der Waals surface area contributed by atoms with Crippen LogP contribution in [0.2, 0.25) is 0 Å². The van der Waals surface area contributed by atoms with Gasteiger partial charge in [-0.15, -0.1) is 24.0 Å². The van der Waals surface area contributed by atoms with Gasteiger partial charge in [0.25, 0.3) is 0 Å². The minimum Gasteiger partial charge on any atom is -0.346 e. The Labute approximate surface area is 193 Å². The van der Waals surface area contributed by atoms with E-state index in [0.29, 0.717) is 19.6 Å². The third-order valence-electron chi connectivity index (χ3n) is 5.45. The van der Waals surface area contributed by atoms with Gasteiger partial charge < -0.3 is 9.88 Å². The molecule has 0 radical (unpaired) electrons. The monoisotopic (exact) mass is 520 g/mol. The molecule has 0 aliphatic carbocycles. The number of nitrogens with one attached hydrogen (secondary N) is 1. The summed E-state index contributed by atoms with van der Waals surface area (Å²) in [7, 11) is 0. The second-order valence-corrected chi connectivity index (χ2v) is 7.35. The van der Waals surface area contributed by atoms with Crippen molar-refractivity contribution >= 4 is 46.5 Å². The molecule has 1 amide bonds. The van der Waals surface area contributed by atoms with Gasteiger partial charge in [0.2, 0.25) is 5.91 Å². The van der Waals surface area contributed by atoms with Gasteiger partial charge in [-0.3, -0.25) is 9.69 Å². The molecule has 2 aromatic heterocycles. The van der Waals surface area contributed by atoms with E-state index in [9.17, 15) is 9.18 Å². The highest BCUT2D eigenvalue weighted by atomic mass is 127. The summed E-state index contributed by atoms with van der Waals surface area (Å²) in [6.45, 7) is 4.95. The Morgan fingerprint density at radius 3 is 2.90 bits per heavy atom. The van der Waals surface area contributed by atoms with Crippen LogP contribution in [0.5, 0.6) is 0 Å². The van der Waals surface area contributed by atoms with E-state index in [2.05, 4.69) is 27.0 Å². The Balaban J connectivity index is 0.00000256. The van der Waals surface area contributed by atoms with Gasteiger partial charge in [-0.25, -0.2) is 9.37 Å². The van der Waals surface area contributed by atoms with Crippen LogP contribution >= 0.6 is 24.0 Å². The van der Waals surface area contributed by atoms with Gasteiger partial charge in [0.05, 0.1) is 6.54 Å². The zero-order valence-corrected chi connectivity index (χ0v) is 19.3. The zero-order valence-electron chi connectivity index (χ0n) is 17.0. The first-order valence-electron chi connectivity index (χ1n) is 10.00. The van der Waals surface area contributed by atoms with Crippen molar-refractivity contribution in [3.8, 4) is 0 Å². The number of carbonyl (C=O) groups excluding carboxylic acids is 1. The number of carbonyl (C=O) groups is 1. The topological polar surface area (TPSA) is 52.2 Å². The minimum absolute atomic E-state index is 0. The molecule has 5 nitrogen and oxygen atoms in total. The molecule has 0 saturated heterocycles. The van der Waals surface area contributed by atoms with E-state index in [0.717, 1.165) is 36.1 Å². The van der Waals surface area contributed by atoms with Gasteiger partial charge in [0, 0.05) is 49.5 Å². The summed E-state index contributed by atoms with van der Waals surface area (Å²) in [6.07, 6.45) is 6.90. The van der Waals surface area contributed by atoms with Crippen molar-refractivity contribution in [2.45, 2.75) is 19.9 Å². The predicted octanol–water partition coefficient (Wildman–Crippen LogP) is 4.46. The summed E-state index contributed by atoms with van der Waals surface area (Å²) < 4.78 is 13.4. The second-order valence-electron chi connectivity index (χ2n) is 7.35. The Hall–Kier alpha value is -2.26. The molecule has 1 aromatic carbocycles.